The van der Waals surface area contributed by atoms with Crippen LogP contribution in [0.5, 0.6) is 0 Å². The van der Waals surface area contributed by atoms with E-state index in [-0.39, 0.29) is 25.0 Å². The van der Waals surface area contributed by atoms with Crippen molar-refractivity contribution in [1.82, 2.24) is 15.5 Å². The smallest absolute Gasteiger partial charge is 0.326 e. The number of carbonyl (C=O) groups excluding carboxylic acids is 2. The molecule has 2 atom stereocenters. The summed E-state index contributed by atoms with van der Waals surface area (Å²) in [4.78, 5) is 36.7. The van der Waals surface area contributed by atoms with Crippen molar-refractivity contribution in [3.8, 4) is 0 Å². The van der Waals surface area contributed by atoms with Gasteiger partial charge in [0, 0.05) is 13.1 Å². The standard InChI is InChI=1S/C13H23N3O5/c1-4-14-11(17)9-7-21-6-5-16(9)13(20)15-10(8(2)3)12(18)19/h8-10H,4-7H2,1-3H3,(H,14,17)(H,15,20)(H,18,19)/t9?,10-/m0/s1. The third-order valence-corrected chi connectivity index (χ3v) is 3.25. The number of rotatable bonds is 5. The first-order valence-corrected chi connectivity index (χ1v) is 7.03. The van der Waals surface area contributed by atoms with Crippen LogP contribution < -0.4 is 10.6 Å². The Morgan fingerprint density at radius 3 is 2.57 bits per heavy atom. The highest BCUT2D eigenvalue weighted by Crippen LogP contribution is 2.10. The Kier molecular flexibility index (Phi) is 6.41. The molecule has 0 radical (unpaired) electrons. The lowest BCUT2D eigenvalue weighted by molar-refractivity contribution is -0.140. The highest BCUT2D eigenvalue weighted by molar-refractivity contribution is 5.89. The van der Waals surface area contributed by atoms with Crippen molar-refractivity contribution in [3.63, 3.8) is 0 Å². The molecule has 120 valence electrons. The normalized spacial score (nSPS) is 20.0. The lowest BCUT2D eigenvalue weighted by Gasteiger charge is -2.35. The molecule has 3 amide bonds. The molecule has 1 aliphatic heterocycles. The average Bonchev–Trinajstić information content (AvgIpc) is 2.44. The molecule has 0 spiro atoms. The quantitative estimate of drug-likeness (QED) is 0.643. The zero-order valence-corrected chi connectivity index (χ0v) is 12.6. The third-order valence-electron chi connectivity index (χ3n) is 3.25. The Hall–Kier alpha value is -1.83. The molecule has 0 aromatic rings. The summed E-state index contributed by atoms with van der Waals surface area (Å²) >= 11 is 0. The van der Waals surface area contributed by atoms with Crippen LogP contribution in [-0.2, 0) is 14.3 Å². The highest BCUT2D eigenvalue weighted by Gasteiger charge is 2.34. The summed E-state index contributed by atoms with van der Waals surface area (Å²) in [5, 5.41) is 14.2. The number of aliphatic carboxylic acids is 1. The number of amides is 3. The Bertz CT molecular complexity index is 399. The topological polar surface area (TPSA) is 108 Å². The maximum Gasteiger partial charge on any atom is 0.326 e. The molecule has 8 heteroatoms. The van der Waals surface area contributed by atoms with Gasteiger partial charge >= 0.3 is 12.0 Å². The average molecular weight is 301 g/mol. The van der Waals surface area contributed by atoms with Gasteiger partial charge in [0.1, 0.15) is 12.1 Å². The number of hydrogen-bond acceptors (Lipinski definition) is 4. The van der Waals surface area contributed by atoms with Gasteiger partial charge in [0.25, 0.3) is 0 Å². The Labute approximate surface area is 123 Å². The maximum absolute atomic E-state index is 12.3. The largest absolute Gasteiger partial charge is 0.480 e. The molecule has 1 fully saturated rings. The first-order chi connectivity index (χ1) is 9.88. The van der Waals surface area contributed by atoms with E-state index in [0.29, 0.717) is 13.2 Å². The predicted octanol–water partition coefficient (Wildman–Crippen LogP) is -0.358. The molecule has 1 heterocycles. The van der Waals surface area contributed by atoms with E-state index in [9.17, 15) is 14.4 Å². The Balaban J connectivity index is 2.77. The van der Waals surface area contributed by atoms with Gasteiger partial charge in [-0.15, -0.1) is 0 Å². The van der Waals surface area contributed by atoms with Gasteiger partial charge in [0.15, 0.2) is 0 Å². The molecular weight excluding hydrogens is 278 g/mol. The van der Waals surface area contributed by atoms with E-state index in [1.54, 1.807) is 20.8 Å². The summed E-state index contributed by atoms with van der Waals surface area (Å²) in [7, 11) is 0. The van der Waals surface area contributed by atoms with Crippen molar-refractivity contribution in [1.29, 1.82) is 0 Å². The number of urea groups is 1. The Morgan fingerprint density at radius 2 is 2.05 bits per heavy atom. The fourth-order valence-corrected chi connectivity index (χ4v) is 2.09. The van der Waals surface area contributed by atoms with Crippen LogP contribution >= 0.6 is 0 Å². The van der Waals surface area contributed by atoms with Gasteiger partial charge < -0.3 is 25.4 Å². The van der Waals surface area contributed by atoms with Crippen molar-refractivity contribution in [2.45, 2.75) is 32.9 Å². The summed E-state index contributed by atoms with van der Waals surface area (Å²) < 4.78 is 5.23. The summed E-state index contributed by atoms with van der Waals surface area (Å²) in [6, 6.07) is -2.29. The summed E-state index contributed by atoms with van der Waals surface area (Å²) in [6.07, 6.45) is 0. The van der Waals surface area contributed by atoms with Gasteiger partial charge in [-0.05, 0) is 12.8 Å². The molecule has 0 bridgehead atoms. The second-order valence-corrected chi connectivity index (χ2v) is 5.19. The Morgan fingerprint density at radius 1 is 1.38 bits per heavy atom. The van der Waals surface area contributed by atoms with Gasteiger partial charge in [-0.3, -0.25) is 4.79 Å². The van der Waals surface area contributed by atoms with Gasteiger partial charge in [0.05, 0.1) is 13.2 Å². The number of carbonyl (C=O) groups is 3. The number of likely N-dealkylation sites (N-methyl/N-ethyl adjacent to an activating group) is 1. The molecule has 8 nitrogen and oxygen atoms in total. The van der Waals surface area contributed by atoms with Gasteiger partial charge in [-0.1, -0.05) is 13.8 Å². The monoisotopic (exact) mass is 301 g/mol. The van der Waals surface area contributed by atoms with E-state index in [1.807, 2.05) is 0 Å². The number of morpholine rings is 1. The van der Waals surface area contributed by atoms with E-state index >= 15 is 0 Å². The molecule has 3 N–H and O–H groups in total. The second kappa shape index (κ2) is 7.82. The molecule has 0 saturated carbocycles. The molecule has 1 saturated heterocycles. The minimum atomic E-state index is -1.10. The number of carboxylic acid groups (broad SMARTS) is 1. The molecule has 1 rings (SSSR count). The van der Waals surface area contributed by atoms with Crippen molar-refractivity contribution in [3.05, 3.63) is 0 Å². The first-order valence-electron chi connectivity index (χ1n) is 7.03. The molecule has 21 heavy (non-hydrogen) atoms. The van der Waals surface area contributed by atoms with Crippen molar-refractivity contribution < 1.29 is 24.2 Å². The minimum Gasteiger partial charge on any atom is -0.480 e. The number of nitrogens with one attached hydrogen (secondary N) is 2. The minimum absolute atomic E-state index is 0.110. The number of ether oxygens (including phenoxy) is 1. The number of nitrogens with zero attached hydrogens (tertiary/aromatic N) is 1. The van der Waals surface area contributed by atoms with Crippen LogP contribution in [0.3, 0.4) is 0 Å². The van der Waals surface area contributed by atoms with Gasteiger partial charge in [-0.25, -0.2) is 9.59 Å². The van der Waals surface area contributed by atoms with Crippen LogP contribution in [0.15, 0.2) is 0 Å². The van der Waals surface area contributed by atoms with E-state index in [1.165, 1.54) is 4.90 Å². The lowest BCUT2D eigenvalue weighted by Crippen LogP contribution is -2.60. The SMILES string of the molecule is CCNC(=O)C1COCCN1C(=O)N[C@H](C(=O)O)C(C)C. The summed E-state index contributed by atoms with van der Waals surface area (Å²) in [5.74, 6) is -1.65. The van der Waals surface area contributed by atoms with Crippen molar-refractivity contribution >= 4 is 17.9 Å². The van der Waals surface area contributed by atoms with Crippen LogP contribution in [0.2, 0.25) is 0 Å². The molecule has 0 aliphatic carbocycles. The van der Waals surface area contributed by atoms with Crippen molar-refractivity contribution in [2.24, 2.45) is 5.92 Å². The third kappa shape index (κ3) is 4.59. The fourth-order valence-electron chi connectivity index (χ4n) is 2.09. The van der Waals surface area contributed by atoms with Crippen LogP contribution in [-0.4, -0.2) is 66.3 Å². The van der Waals surface area contributed by atoms with E-state index in [4.69, 9.17) is 9.84 Å². The predicted molar refractivity (Wildman–Crippen MR) is 74.8 cm³/mol. The highest BCUT2D eigenvalue weighted by atomic mass is 16.5. The second-order valence-electron chi connectivity index (χ2n) is 5.19. The molecule has 1 aliphatic rings. The number of carboxylic acids is 1. The number of hydrogen-bond donors (Lipinski definition) is 3. The molecular formula is C13H23N3O5. The molecule has 0 aromatic carbocycles. The van der Waals surface area contributed by atoms with E-state index < -0.39 is 24.1 Å². The molecule has 0 aromatic heterocycles. The van der Waals surface area contributed by atoms with Crippen LogP contribution in [0.4, 0.5) is 4.79 Å². The van der Waals surface area contributed by atoms with Gasteiger partial charge in [-0.2, -0.15) is 0 Å². The van der Waals surface area contributed by atoms with Crippen LogP contribution in [0, 0.1) is 5.92 Å². The lowest BCUT2D eigenvalue weighted by atomic mass is 10.1. The van der Waals surface area contributed by atoms with E-state index in [0.717, 1.165) is 0 Å². The summed E-state index contributed by atoms with van der Waals surface area (Å²) in [5.41, 5.74) is 0. The van der Waals surface area contributed by atoms with Crippen LogP contribution in [0.1, 0.15) is 20.8 Å². The van der Waals surface area contributed by atoms with E-state index in [2.05, 4.69) is 10.6 Å². The van der Waals surface area contributed by atoms with Crippen LogP contribution in [0.25, 0.3) is 0 Å². The zero-order valence-electron chi connectivity index (χ0n) is 12.6. The molecule has 1 unspecified atom stereocenters. The fraction of sp³-hybridized carbons (Fsp3) is 0.769. The van der Waals surface area contributed by atoms with Crippen molar-refractivity contribution in [2.75, 3.05) is 26.3 Å². The summed E-state index contributed by atoms with van der Waals surface area (Å²) in [6.45, 7) is 6.33. The maximum atomic E-state index is 12.3. The van der Waals surface area contributed by atoms with Gasteiger partial charge in [0.2, 0.25) is 5.91 Å². The first kappa shape index (κ1) is 17.2. The zero-order chi connectivity index (χ0) is 16.0.